The van der Waals surface area contributed by atoms with Gasteiger partial charge in [-0.1, -0.05) is 119 Å². The van der Waals surface area contributed by atoms with Crippen LogP contribution in [0.5, 0.6) is 0 Å². The maximum Gasteiger partial charge on any atom is 0.407 e. The summed E-state index contributed by atoms with van der Waals surface area (Å²) in [6.45, 7) is 1.04. The summed E-state index contributed by atoms with van der Waals surface area (Å²) in [6.07, 6.45) is 15.3. The number of carboxylic acid groups (broad SMARTS) is 1. The summed E-state index contributed by atoms with van der Waals surface area (Å²) in [5, 5.41) is 11.5. The number of unbranched alkanes of at least 4 members (excludes halogenated alkanes) is 12. The first-order valence-electron chi connectivity index (χ1n) is 14.0. The van der Waals surface area contributed by atoms with Gasteiger partial charge in [-0.25, -0.2) is 4.79 Å². The third-order valence-electron chi connectivity index (χ3n) is 7.18. The molecule has 1 amide bonds. The van der Waals surface area contributed by atoms with Crippen LogP contribution in [0.3, 0.4) is 0 Å². The zero-order valence-electron chi connectivity index (χ0n) is 21.7. The summed E-state index contributed by atoms with van der Waals surface area (Å²) in [6, 6.07) is 16.8. The molecule has 0 atom stereocenters. The van der Waals surface area contributed by atoms with Gasteiger partial charge in [0.05, 0.1) is 0 Å². The number of amides is 1. The summed E-state index contributed by atoms with van der Waals surface area (Å²) in [5.74, 6) is -0.575. The quantitative estimate of drug-likeness (QED) is 0.206. The molecule has 0 saturated heterocycles. The molecule has 0 radical (unpaired) electrons. The van der Waals surface area contributed by atoms with E-state index in [4.69, 9.17) is 9.84 Å². The zero-order chi connectivity index (χ0) is 25.4. The van der Waals surface area contributed by atoms with Gasteiger partial charge in [0.15, 0.2) is 0 Å². The molecule has 2 N–H and O–H groups in total. The molecule has 1 aliphatic carbocycles. The third kappa shape index (κ3) is 9.33. The lowest BCUT2D eigenvalue weighted by Gasteiger charge is -2.14. The number of nitrogens with one attached hydrogen (secondary N) is 1. The van der Waals surface area contributed by atoms with E-state index >= 15 is 0 Å². The molecule has 0 spiro atoms. The third-order valence-corrected chi connectivity index (χ3v) is 7.18. The number of benzene rings is 2. The van der Waals surface area contributed by atoms with Crippen LogP contribution in [0.2, 0.25) is 0 Å². The summed E-state index contributed by atoms with van der Waals surface area (Å²) >= 11 is 0. The standard InChI is InChI=1S/C31H43NO4/c33-30(34)22-12-10-8-6-4-2-1-3-5-7-9-11-17-23-32-31(35)36-24-29-27-20-15-13-18-25(27)26-19-14-16-21-28(26)29/h13-16,18-21,29H,1-12,17,22-24H2,(H,32,35)(H,33,34). The van der Waals surface area contributed by atoms with Gasteiger partial charge in [-0.05, 0) is 35.1 Å². The first kappa shape index (κ1) is 27.8. The summed E-state index contributed by atoms with van der Waals surface area (Å²) in [4.78, 5) is 22.7. The highest BCUT2D eigenvalue weighted by Gasteiger charge is 2.28. The van der Waals surface area contributed by atoms with Crippen molar-refractivity contribution in [3.63, 3.8) is 0 Å². The number of carbonyl (C=O) groups is 2. The molecule has 0 saturated carbocycles. The molecule has 0 heterocycles. The van der Waals surface area contributed by atoms with E-state index < -0.39 is 5.97 Å². The molecule has 36 heavy (non-hydrogen) atoms. The molecule has 2 aromatic rings. The lowest BCUT2D eigenvalue weighted by Crippen LogP contribution is -2.27. The predicted octanol–water partition coefficient (Wildman–Crippen LogP) is 8.07. The number of alkyl carbamates (subject to hydrolysis) is 1. The number of rotatable bonds is 18. The molecular formula is C31H43NO4. The minimum absolute atomic E-state index is 0.104. The van der Waals surface area contributed by atoms with Gasteiger partial charge in [0.1, 0.15) is 6.61 Å². The maximum absolute atomic E-state index is 12.2. The van der Waals surface area contributed by atoms with Crippen LogP contribution in [0.15, 0.2) is 48.5 Å². The molecule has 2 aromatic carbocycles. The molecule has 0 fully saturated rings. The first-order chi connectivity index (χ1) is 17.7. The van der Waals surface area contributed by atoms with Crippen LogP contribution in [-0.2, 0) is 9.53 Å². The number of hydrogen-bond acceptors (Lipinski definition) is 3. The zero-order valence-corrected chi connectivity index (χ0v) is 21.7. The van der Waals surface area contributed by atoms with Crippen molar-refractivity contribution in [1.82, 2.24) is 5.32 Å². The second-order valence-corrected chi connectivity index (χ2v) is 9.99. The Hall–Kier alpha value is -2.82. The van der Waals surface area contributed by atoms with Crippen molar-refractivity contribution in [2.75, 3.05) is 13.2 Å². The van der Waals surface area contributed by atoms with Crippen molar-refractivity contribution >= 4 is 12.1 Å². The lowest BCUT2D eigenvalue weighted by atomic mass is 9.98. The first-order valence-corrected chi connectivity index (χ1v) is 14.0. The van der Waals surface area contributed by atoms with Crippen LogP contribution in [-0.4, -0.2) is 30.3 Å². The number of carbonyl (C=O) groups excluding carboxylic acids is 1. The Morgan fingerprint density at radius 3 is 1.61 bits per heavy atom. The van der Waals surface area contributed by atoms with Crippen molar-refractivity contribution in [2.45, 2.75) is 95.8 Å². The van der Waals surface area contributed by atoms with E-state index in [1.165, 1.54) is 73.6 Å². The highest BCUT2D eigenvalue weighted by molar-refractivity contribution is 5.79. The molecule has 0 aromatic heterocycles. The fourth-order valence-electron chi connectivity index (χ4n) is 5.19. The van der Waals surface area contributed by atoms with Gasteiger partial charge >= 0.3 is 12.1 Å². The Kier molecular flexibility index (Phi) is 12.4. The van der Waals surface area contributed by atoms with Gasteiger partial charge in [-0.2, -0.15) is 0 Å². The van der Waals surface area contributed by atoms with Gasteiger partial charge in [0.2, 0.25) is 0 Å². The van der Waals surface area contributed by atoms with Crippen LogP contribution in [0.4, 0.5) is 4.79 Å². The Morgan fingerprint density at radius 2 is 1.11 bits per heavy atom. The van der Waals surface area contributed by atoms with E-state index in [1.807, 2.05) is 12.1 Å². The Morgan fingerprint density at radius 1 is 0.667 bits per heavy atom. The monoisotopic (exact) mass is 493 g/mol. The summed E-state index contributed by atoms with van der Waals surface area (Å²) in [7, 11) is 0. The molecule has 1 aliphatic rings. The second kappa shape index (κ2) is 16.0. The highest BCUT2D eigenvalue weighted by atomic mass is 16.5. The lowest BCUT2D eigenvalue weighted by molar-refractivity contribution is -0.137. The van der Waals surface area contributed by atoms with E-state index in [2.05, 4.69) is 41.7 Å². The normalized spacial score (nSPS) is 12.2. The van der Waals surface area contributed by atoms with E-state index in [0.29, 0.717) is 19.6 Å². The SMILES string of the molecule is O=C(O)CCCCCCCCCCCCCCCNC(=O)OCC1c2ccccc2-c2ccccc21. The Balaban J connectivity index is 1.14. The number of ether oxygens (including phenoxy) is 1. The van der Waals surface area contributed by atoms with Crippen molar-refractivity contribution in [3.8, 4) is 11.1 Å². The average molecular weight is 494 g/mol. The van der Waals surface area contributed by atoms with E-state index in [1.54, 1.807) is 0 Å². The highest BCUT2D eigenvalue weighted by Crippen LogP contribution is 2.44. The van der Waals surface area contributed by atoms with Gasteiger partial charge in [-0.3, -0.25) is 4.79 Å². The van der Waals surface area contributed by atoms with Gasteiger partial charge in [0.25, 0.3) is 0 Å². The number of carboxylic acids is 1. The van der Waals surface area contributed by atoms with Crippen LogP contribution in [0.1, 0.15) is 107 Å². The Labute approximate surface area is 216 Å². The summed E-state index contributed by atoms with van der Waals surface area (Å²) in [5.41, 5.74) is 4.96. The minimum Gasteiger partial charge on any atom is -0.481 e. The summed E-state index contributed by atoms with van der Waals surface area (Å²) < 4.78 is 5.59. The molecule has 196 valence electrons. The van der Waals surface area contributed by atoms with Crippen LogP contribution >= 0.6 is 0 Å². The average Bonchev–Trinajstić information content (AvgIpc) is 3.20. The number of aliphatic carboxylic acids is 1. The molecule has 0 aliphatic heterocycles. The molecule has 5 nitrogen and oxygen atoms in total. The Bertz CT molecular complexity index is 896. The van der Waals surface area contributed by atoms with Crippen LogP contribution < -0.4 is 5.32 Å². The fraction of sp³-hybridized carbons (Fsp3) is 0.548. The number of hydrogen-bond donors (Lipinski definition) is 2. The smallest absolute Gasteiger partial charge is 0.407 e. The van der Waals surface area contributed by atoms with Crippen LogP contribution in [0.25, 0.3) is 11.1 Å². The molecule has 0 bridgehead atoms. The van der Waals surface area contributed by atoms with Crippen LogP contribution in [0, 0.1) is 0 Å². The van der Waals surface area contributed by atoms with Gasteiger partial charge in [0, 0.05) is 18.9 Å². The van der Waals surface area contributed by atoms with Gasteiger partial charge in [-0.15, -0.1) is 0 Å². The van der Waals surface area contributed by atoms with Crippen molar-refractivity contribution in [2.24, 2.45) is 0 Å². The topological polar surface area (TPSA) is 75.6 Å². The predicted molar refractivity (Wildman–Crippen MR) is 145 cm³/mol. The molecule has 5 heteroatoms. The molecule has 0 unspecified atom stereocenters. The van der Waals surface area contributed by atoms with Gasteiger partial charge < -0.3 is 15.2 Å². The van der Waals surface area contributed by atoms with Crippen molar-refractivity contribution < 1.29 is 19.4 Å². The van der Waals surface area contributed by atoms with E-state index in [-0.39, 0.29) is 12.0 Å². The molecular weight excluding hydrogens is 450 g/mol. The second-order valence-electron chi connectivity index (χ2n) is 9.99. The van der Waals surface area contributed by atoms with E-state index in [9.17, 15) is 9.59 Å². The van der Waals surface area contributed by atoms with Crippen molar-refractivity contribution in [1.29, 1.82) is 0 Å². The van der Waals surface area contributed by atoms with E-state index in [0.717, 1.165) is 32.1 Å². The largest absolute Gasteiger partial charge is 0.481 e. The fourth-order valence-corrected chi connectivity index (χ4v) is 5.19. The maximum atomic E-state index is 12.2. The molecule has 3 rings (SSSR count). The minimum atomic E-state index is -0.679. The number of fused-ring (bicyclic) bond motifs is 3. The van der Waals surface area contributed by atoms with Crippen molar-refractivity contribution in [3.05, 3.63) is 59.7 Å².